The van der Waals surface area contributed by atoms with Crippen LogP contribution in [0.25, 0.3) is 0 Å². The van der Waals surface area contributed by atoms with Crippen molar-refractivity contribution >= 4 is 7.98 Å². The average molecular weight is 71.9 g/mol. The van der Waals surface area contributed by atoms with Gasteiger partial charge in [-0.25, -0.2) is 10.3 Å². The van der Waals surface area contributed by atoms with Crippen LogP contribution in [-0.4, -0.2) is 15.0 Å². The molecule has 2 N–H and O–H groups in total. The van der Waals surface area contributed by atoms with Crippen molar-refractivity contribution in [3.05, 3.63) is 0 Å². The Morgan fingerprint density at radius 2 is 2.40 bits per heavy atom. The maximum absolute atomic E-state index is 4.60. The molecule has 0 aliphatic carbocycles. The first-order chi connectivity index (χ1) is 2.41. The Kier molecular flexibility index (Phi) is 3.90. The number of hydrogen-bond acceptors (Lipinski definition) is 3. The quantitative estimate of drug-likeness (QED) is 0.315. The fraction of sp³-hybridized carbons (Fsp3) is 1.00. The lowest BCUT2D eigenvalue weighted by Crippen LogP contribution is -2.18. The van der Waals surface area contributed by atoms with E-state index in [1.165, 1.54) is 0 Å². The maximum Gasteiger partial charge on any atom is 0.222 e. The molecule has 0 amide bonds. The van der Waals surface area contributed by atoms with Gasteiger partial charge in [0.15, 0.2) is 0 Å². The molecular formula is CH5BN2O. The van der Waals surface area contributed by atoms with Crippen molar-refractivity contribution < 1.29 is 4.94 Å². The van der Waals surface area contributed by atoms with E-state index >= 15 is 0 Å². The van der Waals surface area contributed by atoms with Gasteiger partial charge in [-0.05, 0) is 0 Å². The fourth-order valence-electron chi connectivity index (χ4n) is 0.0589. The molecule has 0 bridgehead atoms. The van der Waals surface area contributed by atoms with E-state index in [9.17, 15) is 0 Å². The molecule has 0 atom stereocenters. The first kappa shape index (κ1) is 4.94. The van der Waals surface area contributed by atoms with Gasteiger partial charge in [-0.15, -0.1) is 0 Å². The van der Waals surface area contributed by atoms with Crippen LogP contribution in [0.1, 0.15) is 0 Å². The lowest BCUT2D eigenvalue weighted by molar-refractivity contribution is 0.0206. The number of nitrogens with one attached hydrogen (secondary N) is 2. The van der Waals surface area contributed by atoms with Crippen LogP contribution in [0.4, 0.5) is 0 Å². The Labute approximate surface area is 32.0 Å². The lowest BCUT2D eigenvalue weighted by Gasteiger charge is -1.90. The summed E-state index contributed by atoms with van der Waals surface area (Å²) in [7, 11) is 6.20. The second-order valence-corrected chi connectivity index (χ2v) is 0.424. The van der Waals surface area contributed by atoms with Gasteiger partial charge in [0.1, 0.15) is 0 Å². The Morgan fingerprint density at radius 3 is 2.40 bits per heavy atom. The Balaban J connectivity index is 2.19. The first-order valence-corrected chi connectivity index (χ1v) is 1.20. The van der Waals surface area contributed by atoms with E-state index in [4.69, 9.17) is 0 Å². The third kappa shape index (κ3) is 3.94. The van der Waals surface area contributed by atoms with Crippen LogP contribution in [0, 0.1) is 0 Å². The Bertz CT molecular complexity index is 17.1. The van der Waals surface area contributed by atoms with Crippen LogP contribution in [-0.2, 0) is 4.94 Å². The molecular weight excluding hydrogens is 66.8 g/mol. The van der Waals surface area contributed by atoms with Crippen LogP contribution in [0.15, 0.2) is 0 Å². The summed E-state index contributed by atoms with van der Waals surface area (Å²) in [5.41, 5.74) is 2.28. The molecule has 4 heteroatoms. The molecule has 2 radical (unpaired) electrons. The highest BCUT2D eigenvalue weighted by molar-refractivity contribution is 6.03. The predicted octanol–water partition coefficient (Wildman–Crippen LogP) is -1.27. The normalized spacial score (nSPS) is 8.20. The van der Waals surface area contributed by atoms with Crippen molar-refractivity contribution in [2.24, 2.45) is 0 Å². The summed E-state index contributed by atoms with van der Waals surface area (Å²) in [6.45, 7) is 0. The van der Waals surface area contributed by atoms with Gasteiger partial charge >= 0.3 is 0 Å². The SMILES string of the molecule is [B]NONC. The van der Waals surface area contributed by atoms with Crippen LogP contribution >= 0.6 is 0 Å². The molecule has 0 rings (SSSR count). The zero-order valence-electron chi connectivity index (χ0n) is 2.99. The van der Waals surface area contributed by atoms with E-state index in [0.717, 1.165) is 0 Å². The molecule has 5 heavy (non-hydrogen) atoms. The largest absolute Gasteiger partial charge is 0.239 e. The van der Waals surface area contributed by atoms with Gasteiger partial charge in [0.25, 0.3) is 0 Å². The summed E-state index contributed by atoms with van der Waals surface area (Å²) < 4.78 is 0. The summed E-state index contributed by atoms with van der Waals surface area (Å²) in [5.74, 6) is 0. The second-order valence-electron chi connectivity index (χ2n) is 0.424. The molecule has 0 fully saturated rings. The third-order valence-corrected chi connectivity index (χ3v) is 0.161. The van der Waals surface area contributed by atoms with E-state index in [1.54, 1.807) is 7.05 Å². The van der Waals surface area contributed by atoms with Crippen molar-refractivity contribution in [2.45, 2.75) is 0 Å². The molecule has 0 heterocycles. The zero-order valence-corrected chi connectivity index (χ0v) is 2.99. The van der Waals surface area contributed by atoms with E-state index in [1.807, 2.05) is 5.39 Å². The van der Waals surface area contributed by atoms with Crippen molar-refractivity contribution in [3.8, 4) is 0 Å². The van der Waals surface area contributed by atoms with E-state index in [2.05, 4.69) is 18.4 Å². The van der Waals surface area contributed by atoms with Crippen molar-refractivity contribution in [2.75, 3.05) is 7.05 Å². The van der Waals surface area contributed by atoms with Gasteiger partial charge < -0.3 is 0 Å². The molecule has 3 nitrogen and oxygen atoms in total. The molecule has 0 aromatic heterocycles. The highest BCUT2D eigenvalue weighted by Gasteiger charge is 1.58. The number of hydrogen-bond donors (Lipinski definition) is 2. The van der Waals surface area contributed by atoms with Crippen LogP contribution in [0.3, 0.4) is 0 Å². The van der Waals surface area contributed by atoms with Gasteiger partial charge in [-0.2, -0.15) is 5.48 Å². The summed E-state index contributed by atoms with van der Waals surface area (Å²) in [5, 5.41) is 1.91. The van der Waals surface area contributed by atoms with Crippen molar-refractivity contribution in [1.29, 1.82) is 0 Å². The molecule has 0 aromatic carbocycles. The summed E-state index contributed by atoms with van der Waals surface area (Å²) in [6, 6.07) is 0. The lowest BCUT2D eigenvalue weighted by atomic mass is 10.5. The third-order valence-electron chi connectivity index (χ3n) is 0.161. The van der Waals surface area contributed by atoms with Crippen LogP contribution in [0.2, 0.25) is 0 Å². The highest BCUT2D eigenvalue weighted by atomic mass is 16.8. The Hall–Kier alpha value is -0.0551. The van der Waals surface area contributed by atoms with E-state index in [0.29, 0.717) is 0 Å². The van der Waals surface area contributed by atoms with Crippen LogP contribution in [0.5, 0.6) is 0 Å². The minimum absolute atomic E-state index is 1.60. The van der Waals surface area contributed by atoms with Gasteiger partial charge in [-0.1, -0.05) is 0 Å². The van der Waals surface area contributed by atoms with Gasteiger partial charge in [0.05, 0.1) is 0 Å². The number of rotatable bonds is 2. The molecule has 0 saturated carbocycles. The monoisotopic (exact) mass is 72.0 g/mol. The second kappa shape index (κ2) is 3.94. The minimum Gasteiger partial charge on any atom is -0.239 e. The predicted molar refractivity (Wildman–Crippen MR) is 19.0 cm³/mol. The van der Waals surface area contributed by atoms with Gasteiger partial charge in [0.2, 0.25) is 7.98 Å². The van der Waals surface area contributed by atoms with Gasteiger partial charge in [-0.3, -0.25) is 0 Å². The first-order valence-electron chi connectivity index (χ1n) is 1.20. The highest BCUT2D eigenvalue weighted by Crippen LogP contribution is 1.34. The Morgan fingerprint density at radius 1 is 1.80 bits per heavy atom. The van der Waals surface area contributed by atoms with Crippen molar-refractivity contribution in [1.82, 2.24) is 10.9 Å². The molecule has 0 saturated heterocycles. The summed E-state index contributed by atoms with van der Waals surface area (Å²) in [4.78, 5) is 4.11. The average Bonchev–Trinajstić information content (AvgIpc) is 1.41. The summed E-state index contributed by atoms with van der Waals surface area (Å²) >= 11 is 0. The zero-order chi connectivity index (χ0) is 4.12. The standard InChI is InChI=1S/CH5BN2O/c1-3-5-4-2/h3-4H,1H3. The van der Waals surface area contributed by atoms with E-state index in [-0.39, 0.29) is 0 Å². The molecule has 0 aliphatic rings. The fourth-order valence-corrected chi connectivity index (χ4v) is 0.0589. The molecule has 28 valence electrons. The van der Waals surface area contributed by atoms with Crippen molar-refractivity contribution in [3.63, 3.8) is 0 Å². The maximum atomic E-state index is 4.60. The van der Waals surface area contributed by atoms with Gasteiger partial charge in [0, 0.05) is 7.05 Å². The number of hydroxylamine groups is 1. The molecule has 0 aromatic rings. The molecule has 0 unspecified atom stereocenters. The smallest absolute Gasteiger partial charge is 0.222 e. The van der Waals surface area contributed by atoms with E-state index < -0.39 is 0 Å². The minimum atomic E-state index is 1.60. The molecule has 0 spiro atoms. The molecule has 0 aliphatic heterocycles. The summed E-state index contributed by atoms with van der Waals surface area (Å²) in [6.07, 6.45) is 0. The van der Waals surface area contributed by atoms with Crippen LogP contribution < -0.4 is 10.9 Å². The topological polar surface area (TPSA) is 33.3 Å².